The maximum Gasteiger partial charge on any atom is 0.142 e. The maximum absolute atomic E-state index is 13.5. The van der Waals surface area contributed by atoms with Gasteiger partial charge in [-0.2, -0.15) is 0 Å². The second-order valence-electron chi connectivity index (χ2n) is 4.64. The lowest BCUT2D eigenvalue weighted by Gasteiger charge is -2.19. The highest BCUT2D eigenvalue weighted by Crippen LogP contribution is 2.28. The van der Waals surface area contributed by atoms with Crippen LogP contribution in [-0.4, -0.2) is 0 Å². The van der Waals surface area contributed by atoms with Crippen LogP contribution in [-0.2, 0) is 6.42 Å². The van der Waals surface area contributed by atoms with Crippen LogP contribution in [0.3, 0.4) is 0 Å². The van der Waals surface area contributed by atoms with Gasteiger partial charge in [-0.15, -0.1) is 0 Å². The molecular weight excluding hydrogens is 298 g/mol. The van der Waals surface area contributed by atoms with Gasteiger partial charge in [0.1, 0.15) is 5.82 Å². The van der Waals surface area contributed by atoms with E-state index in [0.29, 0.717) is 17.0 Å². The van der Waals surface area contributed by atoms with E-state index in [2.05, 4.69) is 5.43 Å². The van der Waals surface area contributed by atoms with Crippen LogP contribution in [0.5, 0.6) is 0 Å². The SMILES string of the molecule is Cc1ccc(Cl)cc1C(Cc1cccc(F)c1Cl)NN. The molecule has 0 fully saturated rings. The van der Waals surface area contributed by atoms with Crippen molar-refractivity contribution in [2.75, 3.05) is 0 Å². The number of hydrogen-bond acceptors (Lipinski definition) is 2. The average molecular weight is 313 g/mol. The predicted octanol–water partition coefficient (Wildman–Crippen LogP) is 4.19. The van der Waals surface area contributed by atoms with Gasteiger partial charge in [0.05, 0.1) is 11.1 Å². The Labute approximate surface area is 127 Å². The molecule has 1 atom stereocenters. The van der Waals surface area contributed by atoms with Crippen molar-refractivity contribution in [2.24, 2.45) is 5.84 Å². The molecule has 0 aliphatic carbocycles. The molecule has 5 heteroatoms. The summed E-state index contributed by atoms with van der Waals surface area (Å²) < 4.78 is 13.5. The van der Waals surface area contributed by atoms with Gasteiger partial charge in [-0.1, -0.05) is 41.4 Å². The van der Waals surface area contributed by atoms with E-state index in [1.54, 1.807) is 12.1 Å². The Balaban J connectivity index is 2.34. The molecule has 0 aromatic heterocycles. The molecule has 2 nitrogen and oxygen atoms in total. The van der Waals surface area contributed by atoms with Crippen molar-refractivity contribution in [3.63, 3.8) is 0 Å². The van der Waals surface area contributed by atoms with E-state index in [0.717, 1.165) is 11.1 Å². The smallest absolute Gasteiger partial charge is 0.142 e. The molecule has 0 saturated heterocycles. The molecule has 2 rings (SSSR count). The normalized spacial score (nSPS) is 12.4. The quantitative estimate of drug-likeness (QED) is 0.656. The fraction of sp³-hybridized carbons (Fsp3) is 0.200. The van der Waals surface area contributed by atoms with Crippen molar-refractivity contribution in [1.82, 2.24) is 5.43 Å². The third kappa shape index (κ3) is 3.30. The van der Waals surface area contributed by atoms with Crippen LogP contribution in [0, 0.1) is 12.7 Å². The van der Waals surface area contributed by atoms with E-state index in [1.807, 2.05) is 25.1 Å². The highest BCUT2D eigenvalue weighted by Gasteiger charge is 2.16. The Hall–Kier alpha value is -1.13. The summed E-state index contributed by atoms with van der Waals surface area (Å²) in [5, 5.41) is 0.767. The van der Waals surface area contributed by atoms with Crippen molar-refractivity contribution in [3.05, 3.63) is 69.0 Å². The molecule has 1 unspecified atom stereocenters. The predicted molar refractivity (Wildman–Crippen MR) is 81.4 cm³/mol. The van der Waals surface area contributed by atoms with E-state index in [4.69, 9.17) is 29.0 Å². The fourth-order valence-electron chi connectivity index (χ4n) is 2.17. The Morgan fingerprint density at radius 3 is 2.70 bits per heavy atom. The van der Waals surface area contributed by atoms with Gasteiger partial charge in [0.2, 0.25) is 0 Å². The molecule has 0 aliphatic rings. The topological polar surface area (TPSA) is 38.0 Å². The van der Waals surface area contributed by atoms with Crippen molar-refractivity contribution in [1.29, 1.82) is 0 Å². The minimum atomic E-state index is -0.428. The van der Waals surface area contributed by atoms with E-state index in [1.165, 1.54) is 6.07 Å². The number of hydrazine groups is 1. The Morgan fingerprint density at radius 1 is 1.25 bits per heavy atom. The molecule has 0 spiro atoms. The summed E-state index contributed by atoms with van der Waals surface area (Å²) in [6, 6.07) is 10.2. The minimum absolute atomic E-state index is 0.132. The van der Waals surface area contributed by atoms with Crippen molar-refractivity contribution in [3.8, 4) is 0 Å². The third-order valence-electron chi connectivity index (χ3n) is 3.27. The number of nitrogens with one attached hydrogen (secondary N) is 1. The first-order chi connectivity index (χ1) is 9.52. The number of benzene rings is 2. The molecule has 0 saturated carbocycles. The molecule has 0 heterocycles. The van der Waals surface area contributed by atoms with Gasteiger partial charge in [0.15, 0.2) is 0 Å². The van der Waals surface area contributed by atoms with Gasteiger partial charge in [-0.05, 0) is 48.2 Å². The summed E-state index contributed by atoms with van der Waals surface area (Å²) in [4.78, 5) is 0. The molecule has 0 bridgehead atoms. The molecule has 106 valence electrons. The summed E-state index contributed by atoms with van der Waals surface area (Å²) >= 11 is 12.0. The van der Waals surface area contributed by atoms with Gasteiger partial charge >= 0.3 is 0 Å². The number of halogens is 3. The lowest BCUT2D eigenvalue weighted by molar-refractivity contribution is 0.546. The van der Waals surface area contributed by atoms with E-state index < -0.39 is 5.82 Å². The van der Waals surface area contributed by atoms with Gasteiger partial charge in [-0.3, -0.25) is 11.3 Å². The zero-order valence-corrected chi connectivity index (χ0v) is 12.5. The highest BCUT2D eigenvalue weighted by atomic mass is 35.5. The van der Waals surface area contributed by atoms with Gasteiger partial charge < -0.3 is 0 Å². The second kappa shape index (κ2) is 6.55. The van der Waals surface area contributed by atoms with Crippen LogP contribution in [0.25, 0.3) is 0 Å². The van der Waals surface area contributed by atoms with E-state index >= 15 is 0 Å². The standard InChI is InChI=1S/C15H15Cl2FN2/c1-9-5-6-11(16)8-12(9)14(20-19)7-10-3-2-4-13(18)15(10)17/h2-6,8,14,20H,7,19H2,1H3. The second-order valence-corrected chi connectivity index (χ2v) is 5.45. The first kappa shape index (κ1) is 15.3. The average Bonchev–Trinajstić information content (AvgIpc) is 2.43. The lowest BCUT2D eigenvalue weighted by atomic mass is 9.96. The van der Waals surface area contributed by atoms with Gasteiger partial charge in [0.25, 0.3) is 0 Å². The monoisotopic (exact) mass is 312 g/mol. The summed E-state index contributed by atoms with van der Waals surface area (Å²) in [7, 11) is 0. The first-order valence-corrected chi connectivity index (χ1v) is 6.93. The molecule has 3 N–H and O–H groups in total. The van der Waals surface area contributed by atoms with Crippen molar-refractivity contribution < 1.29 is 4.39 Å². The minimum Gasteiger partial charge on any atom is -0.271 e. The van der Waals surface area contributed by atoms with Gasteiger partial charge in [-0.25, -0.2) is 4.39 Å². The lowest BCUT2D eigenvalue weighted by Crippen LogP contribution is -2.30. The molecule has 2 aromatic rings. The Bertz CT molecular complexity index is 617. The molecule has 0 amide bonds. The number of rotatable bonds is 4. The summed E-state index contributed by atoms with van der Waals surface area (Å²) in [5.41, 5.74) is 5.48. The molecule has 0 radical (unpaired) electrons. The Kier molecular flexibility index (Phi) is 5.00. The largest absolute Gasteiger partial charge is 0.271 e. The zero-order valence-electron chi connectivity index (χ0n) is 11.0. The van der Waals surface area contributed by atoms with Crippen LogP contribution < -0.4 is 11.3 Å². The maximum atomic E-state index is 13.5. The van der Waals surface area contributed by atoms with E-state index in [9.17, 15) is 4.39 Å². The zero-order chi connectivity index (χ0) is 14.7. The fourth-order valence-corrected chi connectivity index (χ4v) is 2.56. The molecule has 20 heavy (non-hydrogen) atoms. The van der Waals surface area contributed by atoms with Crippen LogP contribution in [0.1, 0.15) is 22.7 Å². The van der Waals surface area contributed by atoms with Crippen LogP contribution in [0.4, 0.5) is 4.39 Å². The van der Waals surface area contributed by atoms with Crippen LogP contribution in [0.15, 0.2) is 36.4 Å². The number of nitrogens with two attached hydrogens (primary N) is 1. The van der Waals surface area contributed by atoms with E-state index in [-0.39, 0.29) is 11.1 Å². The van der Waals surface area contributed by atoms with Crippen LogP contribution >= 0.6 is 23.2 Å². The third-order valence-corrected chi connectivity index (χ3v) is 3.93. The molecular formula is C15H15Cl2FN2. The first-order valence-electron chi connectivity index (χ1n) is 6.18. The van der Waals surface area contributed by atoms with Crippen LogP contribution in [0.2, 0.25) is 10.0 Å². The summed E-state index contributed by atoms with van der Waals surface area (Å²) in [5.74, 6) is 5.20. The molecule has 2 aromatic carbocycles. The summed E-state index contributed by atoms with van der Waals surface area (Å²) in [6.07, 6.45) is 0.480. The number of hydrogen-bond donors (Lipinski definition) is 2. The highest BCUT2D eigenvalue weighted by molar-refractivity contribution is 6.31. The number of aryl methyl sites for hydroxylation is 1. The molecule has 0 aliphatic heterocycles. The van der Waals surface area contributed by atoms with Crippen molar-refractivity contribution >= 4 is 23.2 Å². The van der Waals surface area contributed by atoms with Crippen molar-refractivity contribution in [2.45, 2.75) is 19.4 Å². The van der Waals surface area contributed by atoms with Gasteiger partial charge in [0, 0.05) is 5.02 Å². The Morgan fingerprint density at radius 2 is 2.00 bits per heavy atom. The summed E-state index contributed by atoms with van der Waals surface area (Å²) in [6.45, 7) is 1.98.